The maximum atomic E-state index is 12.5. The minimum absolute atomic E-state index is 0.000139. The summed E-state index contributed by atoms with van der Waals surface area (Å²) in [5.41, 5.74) is 3.15. The van der Waals surface area contributed by atoms with Gasteiger partial charge < -0.3 is 19.6 Å². The Labute approximate surface area is 142 Å². The monoisotopic (exact) mass is 326 g/mol. The number of ether oxygens (including phenoxy) is 1. The lowest BCUT2D eigenvalue weighted by Gasteiger charge is -2.37. The van der Waals surface area contributed by atoms with Crippen LogP contribution in [0.3, 0.4) is 0 Å². The highest BCUT2D eigenvalue weighted by Gasteiger charge is 2.31. The van der Waals surface area contributed by atoms with Gasteiger partial charge in [-0.3, -0.25) is 0 Å². The molecule has 0 saturated heterocycles. The van der Waals surface area contributed by atoms with Crippen LogP contribution in [-0.4, -0.2) is 48.7 Å². The normalized spacial score (nSPS) is 16.5. The van der Waals surface area contributed by atoms with Crippen LogP contribution in [0.5, 0.6) is 11.5 Å². The zero-order valence-corrected chi connectivity index (χ0v) is 14.2. The van der Waals surface area contributed by atoms with Crippen LogP contribution >= 0.6 is 0 Å². The Morgan fingerprint density at radius 3 is 2.67 bits per heavy atom. The first-order chi connectivity index (χ1) is 11.5. The van der Waals surface area contributed by atoms with Crippen LogP contribution in [0.15, 0.2) is 42.5 Å². The molecular formula is C19H22N2O3. The highest BCUT2D eigenvalue weighted by atomic mass is 16.5. The number of phenolic OH excluding ortho intramolecular Hbond substituents is 1. The average Bonchev–Trinajstić information content (AvgIpc) is 2.59. The Bertz CT molecular complexity index is 758. The molecule has 0 aliphatic carbocycles. The van der Waals surface area contributed by atoms with Crippen LogP contribution in [0.1, 0.15) is 22.6 Å². The van der Waals surface area contributed by atoms with Crippen molar-refractivity contribution in [2.75, 3.05) is 27.7 Å². The average molecular weight is 326 g/mol. The lowest BCUT2D eigenvalue weighted by molar-refractivity contribution is 0.161. The predicted molar refractivity (Wildman–Crippen MR) is 92.4 cm³/mol. The minimum Gasteiger partial charge on any atom is -0.508 e. The van der Waals surface area contributed by atoms with Gasteiger partial charge in [-0.1, -0.05) is 24.3 Å². The summed E-state index contributed by atoms with van der Waals surface area (Å²) in [6.07, 6.45) is 0. The van der Waals surface area contributed by atoms with Crippen molar-refractivity contribution in [3.63, 3.8) is 0 Å². The first kappa shape index (κ1) is 16.2. The molecule has 3 rings (SSSR count). The second-order valence-corrected chi connectivity index (χ2v) is 6.23. The summed E-state index contributed by atoms with van der Waals surface area (Å²) in [7, 11) is 5.15. The molecule has 0 radical (unpaired) electrons. The van der Waals surface area contributed by atoms with E-state index in [0.717, 1.165) is 22.4 Å². The van der Waals surface area contributed by atoms with E-state index in [1.807, 2.05) is 29.2 Å². The van der Waals surface area contributed by atoms with Crippen molar-refractivity contribution < 1.29 is 14.6 Å². The lowest BCUT2D eigenvalue weighted by atomic mass is 9.84. The molecule has 2 aromatic rings. The van der Waals surface area contributed by atoms with E-state index in [1.54, 1.807) is 38.2 Å². The first-order valence-electron chi connectivity index (χ1n) is 7.92. The third kappa shape index (κ3) is 2.89. The Hall–Kier alpha value is -2.69. The molecule has 24 heavy (non-hydrogen) atoms. The van der Waals surface area contributed by atoms with Crippen LogP contribution in [0.4, 0.5) is 4.79 Å². The summed E-state index contributed by atoms with van der Waals surface area (Å²) < 4.78 is 5.51. The predicted octanol–water partition coefficient (Wildman–Crippen LogP) is 3.03. The molecule has 2 aromatic carbocycles. The molecule has 5 heteroatoms. The summed E-state index contributed by atoms with van der Waals surface area (Å²) in [6, 6.07) is 13.2. The van der Waals surface area contributed by atoms with Gasteiger partial charge in [-0.25, -0.2) is 4.79 Å². The molecule has 0 fully saturated rings. The fourth-order valence-corrected chi connectivity index (χ4v) is 3.30. The molecule has 0 spiro atoms. The SMILES string of the molecule is COc1cccc2c1CN(C(=O)N(C)C)CC2c1cccc(O)c1. The third-order valence-electron chi connectivity index (χ3n) is 4.44. The molecule has 1 N–H and O–H groups in total. The number of benzene rings is 2. The molecule has 2 amide bonds. The molecule has 5 nitrogen and oxygen atoms in total. The Kier molecular flexibility index (Phi) is 4.34. The molecule has 0 aromatic heterocycles. The number of hydrogen-bond donors (Lipinski definition) is 1. The molecule has 1 aliphatic rings. The summed E-state index contributed by atoms with van der Waals surface area (Å²) in [5.74, 6) is 1.02. The molecule has 1 atom stereocenters. The Morgan fingerprint density at radius 2 is 2.00 bits per heavy atom. The number of methoxy groups -OCH3 is 1. The molecular weight excluding hydrogens is 304 g/mol. The van der Waals surface area contributed by atoms with Gasteiger partial charge in [0.1, 0.15) is 11.5 Å². The fraction of sp³-hybridized carbons (Fsp3) is 0.316. The molecule has 1 heterocycles. The van der Waals surface area contributed by atoms with E-state index in [9.17, 15) is 9.90 Å². The number of amides is 2. The van der Waals surface area contributed by atoms with Gasteiger partial charge in [-0.05, 0) is 29.3 Å². The second kappa shape index (κ2) is 6.43. The number of rotatable bonds is 2. The van der Waals surface area contributed by atoms with Gasteiger partial charge in [0, 0.05) is 32.1 Å². The van der Waals surface area contributed by atoms with Gasteiger partial charge in [0.05, 0.1) is 13.7 Å². The van der Waals surface area contributed by atoms with E-state index < -0.39 is 0 Å². The van der Waals surface area contributed by atoms with Crippen molar-refractivity contribution in [3.05, 3.63) is 59.2 Å². The van der Waals surface area contributed by atoms with Gasteiger partial charge >= 0.3 is 6.03 Å². The van der Waals surface area contributed by atoms with E-state index in [2.05, 4.69) is 6.07 Å². The standard InChI is InChI=1S/C19H22N2O3/c1-20(2)19(23)21-11-16(13-6-4-7-14(22)10-13)15-8-5-9-18(24-3)17(15)12-21/h4-10,16,22H,11-12H2,1-3H3. The van der Waals surface area contributed by atoms with E-state index in [0.29, 0.717) is 13.1 Å². The quantitative estimate of drug-likeness (QED) is 0.923. The number of carbonyl (C=O) groups is 1. The highest BCUT2D eigenvalue weighted by Crippen LogP contribution is 2.38. The number of urea groups is 1. The topological polar surface area (TPSA) is 53.0 Å². The van der Waals surface area contributed by atoms with Crippen molar-refractivity contribution in [2.45, 2.75) is 12.5 Å². The van der Waals surface area contributed by atoms with Gasteiger partial charge in [0.25, 0.3) is 0 Å². The largest absolute Gasteiger partial charge is 0.508 e. The van der Waals surface area contributed by atoms with Crippen molar-refractivity contribution >= 4 is 6.03 Å². The Morgan fingerprint density at radius 1 is 1.25 bits per heavy atom. The Balaban J connectivity index is 2.09. The van der Waals surface area contributed by atoms with Gasteiger partial charge in [0.15, 0.2) is 0 Å². The maximum absolute atomic E-state index is 12.5. The molecule has 1 unspecified atom stereocenters. The van der Waals surface area contributed by atoms with Crippen LogP contribution in [0.2, 0.25) is 0 Å². The van der Waals surface area contributed by atoms with E-state index in [4.69, 9.17) is 4.74 Å². The maximum Gasteiger partial charge on any atom is 0.319 e. The number of fused-ring (bicyclic) bond motifs is 1. The number of carbonyl (C=O) groups excluding carboxylic acids is 1. The van der Waals surface area contributed by atoms with E-state index >= 15 is 0 Å². The lowest BCUT2D eigenvalue weighted by Crippen LogP contribution is -2.43. The molecule has 0 saturated carbocycles. The van der Waals surface area contributed by atoms with Gasteiger partial charge in [-0.15, -0.1) is 0 Å². The zero-order chi connectivity index (χ0) is 17.3. The van der Waals surface area contributed by atoms with Crippen LogP contribution < -0.4 is 4.74 Å². The second-order valence-electron chi connectivity index (χ2n) is 6.23. The number of aromatic hydroxyl groups is 1. The minimum atomic E-state index is -0.0308. The van der Waals surface area contributed by atoms with Crippen LogP contribution in [0.25, 0.3) is 0 Å². The summed E-state index contributed by atoms with van der Waals surface area (Å²) in [5, 5.41) is 9.84. The van der Waals surface area contributed by atoms with E-state index in [-0.39, 0.29) is 17.7 Å². The van der Waals surface area contributed by atoms with Crippen molar-refractivity contribution in [2.24, 2.45) is 0 Å². The summed E-state index contributed by atoms with van der Waals surface area (Å²) in [4.78, 5) is 15.9. The first-order valence-corrected chi connectivity index (χ1v) is 7.92. The highest BCUT2D eigenvalue weighted by molar-refractivity contribution is 5.75. The number of phenols is 1. The summed E-state index contributed by atoms with van der Waals surface area (Å²) >= 11 is 0. The number of hydrogen-bond acceptors (Lipinski definition) is 3. The van der Waals surface area contributed by atoms with Gasteiger partial charge in [0.2, 0.25) is 0 Å². The fourth-order valence-electron chi connectivity index (χ4n) is 3.30. The summed E-state index contributed by atoms with van der Waals surface area (Å²) in [6.45, 7) is 1.09. The van der Waals surface area contributed by atoms with Crippen molar-refractivity contribution in [1.29, 1.82) is 0 Å². The number of nitrogens with zero attached hydrogens (tertiary/aromatic N) is 2. The van der Waals surface area contributed by atoms with Crippen LogP contribution in [-0.2, 0) is 6.54 Å². The van der Waals surface area contributed by atoms with Crippen molar-refractivity contribution in [1.82, 2.24) is 9.80 Å². The van der Waals surface area contributed by atoms with Crippen LogP contribution in [0, 0.1) is 0 Å². The molecule has 126 valence electrons. The van der Waals surface area contributed by atoms with Gasteiger partial charge in [-0.2, -0.15) is 0 Å². The smallest absolute Gasteiger partial charge is 0.319 e. The van der Waals surface area contributed by atoms with Crippen molar-refractivity contribution in [3.8, 4) is 11.5 Å². The van der Waals surface area contributed by atoms with E-state index in [1.165, 1.54) is 0 Å². The third-order valence-corrected chi connectivity index (χ3v) is 4.44. The molecule has 1 aliphatic heterocycles. The zero-order valence-electron chi connectivity index (χ0n) is 14.2. The molecule has 0 bridgehead atoms.